The monoisotopic (exact) mass is 272 g/mol. The molecule has 1 N–H and O–H groups in total. The molecule has 0 spiro atoms. The zero-order chi connectivity index (χ0) is 14.8. The zero-order valence-electron chi connectivity index (χ0n) is 13.1. The van der Waals surface area contributed by atoms with E-state index in [0.29, 0.717) is 13.1 Å². The second kappa shape index (κ2) is 5.67. The molecule has 0 aliphatic carbocycles. The SMILES string of the molecule is CC(C)(C)OC(=O)N1CCN(C(C)(C)C)CC1CO. The van der Waals surface area contributed by atoms with Crippen LogP contribution in [0.25, 0.3) is 0 Å². The first kappa shape index (κ1) is 16.2. The number of carbonyl (C=O) groups excluding carboxylic acids is 1. The smallest absolute Gasteiger partial charge is 0.410 e. The number of carbonyl (C=O) groups is 1. The van der Waals surface area contributed by atoms with E-state index in [1.807, 2.05) is 20.8 Å². The number of piperazine rings is 1. The lowest BCUT2D eigenvalue weighted by molar-refractivity contribution is -0.0269. The van der Waals surface area contributed by atoms with Crippen molar-refractivity contribution >= 4 is 6.09 Å². The summed E-state index contributed by atoms with van der Waals surface area (Å²) in [5, 5.41) is 9.52. The van der Waals surface area contributed by atoms with Gasteiger partial charge in [-0.2, -0.15) is 0 Å². The normalized spacial score (nSPS) is 22.5. The minimum absolute atomic E-state index is 0.0359. The summed E-state index contributed by atoms with van der Waals surface area (Å²) in [7, 11) is 0. The molecule has 5 nitrogen and oxygen atoms in total. The van der Waals surface area contributed by atoms with Crippen LogP contribution in [0, 0.1) is 0 Å². The molecule has 1 aliphatic heterocycles. The van der Waals surface area contributed by atoms with Gasteiger partial charge in [0.1, 0.15) is 5.60 Å². The van der Waals surface area contributed by atoms with E-state index in [1.165, 1.54) is 0 Å². The van der Waals surface area contributed by atoms with Crippen LogP contribution in [0.5, 0.6) is 0 Å². The first-order valence-electron chi connectivity index (χ1n) is 6.90. The predicted octanol–water partition coefficient (Wildman–Crippen LogP) is 1.70. The molecule has 1 amide bonds. The highest BCUT2D eigenvalue weighted by atomic mass is 16.6. The van der Waals surface area contributed by atoms with Gasteiger partial charge in [-0.1, -0.05) is 0 Å². The molecule has 1 aliphatic rings. The Morgan fingerprint density at radius 3 is 2.21 bits per heavy atom. The van der Waals surface area contributed by atoms with Crippen molar-refractivity contribution in [1.82, 2.24) is 9.80 Å². The molecule has 0 saturated carbocycles. The fourth-order valence-electron chi connectivity index (χ4n) is 2.18. The van der Waals surface area contributed by atoms with Gasteiger partial charge in [0.15, 0.2) is 0 Å². The van der Waals surface area contributed by atoms with Crippen molar-refractivity contribution in [3.05, 3.63) is 0 Å². The van der Waals surface area contributed by atoms with Crippen LogP contribution < -0.4 is 0 Å². The van der Waals surface area contributed by atoms with Gasteiger partial charge in [-0.15, -0.1) is 0 Å². The zero-order valence-corrected chi connectivity index (χ0v) is 13.1. The molecular formula is C14H28N2O3. The molecule has 1 saturated heterocycles. The predicted molar refractivity (Wildman–Crippen MR) is 75.1 cm³/mol. The van der Waals surface area contributed by atoms with Gasteiger partial charge in [0.05, 0.1) is 12.6 Å². The molecule has 1 atom stereocenters. The molecule has 1 unspecified atom stereocenters. The van der Waals surface area contributed by atoms with Gasteiger partial charge in [-0.3, -0.25) is 4.90 Å². The summed E-state index contributed by atoms with van der Waals surface area (Å²) in [6.45, 7) is 14.0. The average molecular weight is 272 g/mol. The molecule has 1 fully saturated rings. The molecule has 0 aromatic carbocycles. The Morgan fingerprint density at radius 2 is 1.79 bits per heavy atom. The van der Waals surface area contributed by atoms with Crippen molar-refractivity contribution in [3.63, 3.8) is 0 Å². The van der Waals surface area contributed by atoms with Crippen LogP contribution in [0.15, 0.2) is 0 Å². The van der Waals surface area contributed by atoms with Gasteiger partial charge in [0.25, 0.3) is 0 Å². The third kappa shape index (κ3) is 4.66. The van der Waals surface area contributed by atoms with Crippen molar-refractivity contribution in [2.45, 2.75) is 58.7 Å². The van der Waals surface area contributed by atoms with Crippen molar-refractivity contribution < 1.29 is 14.6 Å². The minimum Gasteiger partial charge on any atom is -0.444 e. The summed E-state index contributed by atoms with van der Waals surface area (Å²) in [5.41, 5.74) is -0.453. The Kier molecular flexibility index (Phi) is 4.85. The lowest BCUT2D eigenvalue weighted by Crippen LogP contribution is -2.61. The van der Waals surface area contributed by atoms with Crippen LogP contribution in [0.4, 0.5) is 4.79 Å². The highest BCUT2D eigenvalue weighted by Gasteiger charge is 2.36. The molecule has 19 heavy (non-hydrogen) atoms. The largest absolute Gasteiger partial charge is 0.444 e. The van der Waals surface area contributed by atoms with E-state index in [9.17, 15) is 9.90 Å². The number of amides is 1. The Balaban J connectivity index is 2.70. The summed E-state index contributed by atoms with van der Waals surface area (Å²) in [6.07, 6.45) is -0.333. The summed E-state index contributed by atoms with van der Waals surface area (Å²) in [5.74, 6) is 0. The maximum absolute atomic E-state index is 12.1. The van der Waals surface area contributed by atoms with E-state index in [4.69, 9.17) is 4.74 Å². The van der Waals surface area contributed by atoms with Crippen LogP contribution >= 0.6 is 0 Å². The Hall–Kier alpha value is -0.810. The summed E-state index contributed by atoms with van der Waals surface area (Å²) >= 11 is 0. The number of aliphatic hydroxyl groups excluding tert-OH is 1. The Bertz CT molecular complexity index is 318. The third-order valence-electron chi connectivity index (χ3n) is 3.27. The standard InChI is InChI=1S/C14H28N2O3/c1-13(2,3)15-7-8-16(11(9-15)10-17)12(18)19-14(4,5)6/h11,17H,7-10H2,1-6H3. The number of hydrogen-bond donors (Lipinski definition) is 1. The molecule has 0 radical (unpaired) electrons. The van der Waals surface area contributed by atoms with E-state index in [-0.39, 0.29) is 24.3 Å². The van der Waals surface area contributed by atoms with Gasteiger partial charge >= 0.3 is 6.09 Å². The van der Waals surface area contributed by atoms with Crippen molar-refractivity contribution in [2.75, 3.05) is 26.2 Å². The molecule has 112 valence electrons. The maximum Gasteiger partial charge on any atom is 0.410 e. The van der Waals surface area contributed by atoms with Crippen molar-refractivity contribution in [2.24, 2.45) is 0 Å². The number of nitrogens with zero attached hydrogens (tertiary/aromatic N) is 2. The molecule has 5 heteroatoms. The van der Waals surface area contributed by atoms with Gasteiger partial charge in [0, 0.05) is 25.2 Å². The maximum atomic E-state index is 12.1. The lowest BCUT2D eigenvalue weighted by atomic mass is 10.0. The van der Waals surface area contributed by atoms with Crippen LogP contribution in [0.2, 0.25) is 0 Å². The van der Waals surface area contributed by atoms with Gasteiger partial charge in [-0.25, -0.2) is 4.79 Å². The number of ether oxygens (including phenoxy) is 1. The molecule has 0 aromatic rings. The van der Waals surface area contributed by atoms with Crippen molar-refractivity contribution in [3.8, 4) is 0 Å². The van der Waals surface area contributed by atoms with E-state index < -0.39 is 5.60 Å². The van der Waals surface area contributed by atoms with Gasteiger partial charge in [0.2, 0.25) is 0 Å². The summed E-state index contributed by atoms with van der Waals surface area (Å²) in [4.78, 5) is 16.0. The Morgan fingerprint density at radius 1 is 1.21 bits per heavy atom. The highest BCUT2D eigenvalue weighted by molar-refractivity contribution is 5.68. The number of hydrogen-bond acceptors (Lipinski definition) is 4. The fraction of sp³-hybridized carbons (Fsp3) is 0.929. The summed E-state index contributed by atoms with van der Waals surface area (Å²) < 4.78 is 5.39. The average Bonchev–Trinajstić information content (AvgIpc) is 2.24. The van der Waals surface area contributed by atoms with Crippen LogP contribution in [0.3, 0.4) is 0 Å². The molecule has 1 heterocycles. The van der Waals surface area contributed by atoms with E-state index in [1.54, 1.807) is 4.90 Å². The Labute approximate surface area is 116 Å². The quantitative estimate of drug-likeness (QED) is 0.789. The lowest BCUT2D eigenvalue weighted by Gasteiger charge is -2.46. The van der Waals surface area contributed by atoms with Crippen LogP contribution in [-0.4, -0.2) is 64.4 Å². The van der Waals surface area contributed by atoms with E-state index in [0.717, 1.165) is 6.54 Å². The number of aliphatic hydroxyl groups is 1. The van der Waals surface area contributed by atoms with E-state index >= 15 is 0 Å². The molecule has 0 aromatic heterocycles. The molecule has 1 rings (SSSR count). The summed E-state index contributed by atoms with van der Waals surface area (Å²) in [6, 6.07) is -0.192. The van der Waals surface area contributed by atoms with E-state index in [2.05, 4.69) is 25.7 Å². The third-order valence-corrected chi connectivity index (χ3v) is 3.27. The second-order valence-electron chi connectivity index (χ2n) is 7.13. The van der Waals surface area contributed by atoms with Crippen LogP contribution in [-0.2, 0) is 4.74 Å². The van der Waals surface area contributed by atoms with Crippen LogP contribution in [0.1, 0.15) is 41.5 Å². The highest BCUT2D eigenvalue weighted by Crippen LogP contribution is 2.21. The topological polar surface area (TPSA) is 53.0 Å². The molecule has 0 bridgehead atoms. The first-order chi connectivity index (χ1) is 8.54. The molecular weight excluding hydrogens is 244 g/mol. The van der Waals surface area contributed by atoms with Gasteiger partial charge < -0.3 is 14.7 Å². The van der Waals surface area contributed by atoms with Gasteiger partial charge in [-0.05, 0) is 41.5 Å². The first-order valence-corrected chi connectivity index (χ1v) is 6.90. The second-order valence-corrected chi connectivity index (χ2v) is 7.13. The minimum atomic E-state index is -0.502. The van der Waals surface area contributed by atoms with Crippen molar-refractivity contribution in [1.29, 1.82) is 0 Å². The fourth-order valence-corrected chi connectivity index (χ4v) is 2.18. The number of rotatable bonds is 1.